The minimum Gasteiger partial charge on any atom is -0.365 e. The van der Waals surface area contributed by atoms with E-state index >= 15 is 0 Å². The Hall–Kier alpha value is -2.40. The van der Waals surface area contributed by atoms with Crippen LogP contribution in [-0.4, -0.2) is 26.6 Å². The number of anilines is 1. The first-order chi connectivity index (χ1) is 13.8. The van der Waals surface area contributed by atoms with Crippen LogP contribution in [0.3, 0.4) is 0 Å². The molecule has 0 atom stereocenters. The van der Waals surface area contributed by atoms with Gasteiger partial charge in [0.2, 0.25) is 5.91 Å². The van der Waals surface area contributed by atoms with E-state index in [1.54, 1.807) is 13.1 Å². The number of carbonyl (C=O) groups excluding carboxylic acids is 2. The molecule has 3 heterocycles. The molecule has 0 aliphatic heterocycles. The van der Waals surface area contributed by atoms with E-state index in [0.717, 1.165) is 34.3 Å². The third-order valence-electron chi connectivity index (χ3n) is 4.78. The molecule has 7 nitrogen and oxygen atoms in total. The molecule has 11 heteroatoms. The van der Waals surface area contributed by atoms with E-state index in [2.05, 4.69) is 31.3 Å². The largest absolute Gasteiger partial charge is 0.365 e. The average Bonchev–Trinajstić information content (AvgIpc) is 3.39. The Morgan fingerprint density at radius 3 is 2.72 bits per heavy atom. The van der Waals surface area contributed by atoms with Gasteiger partial charge in [-0.2, -0.15) is 5.10 Å². The van der Waals surface area contributed by atoms with Crippen LogP contribution in [0.5, 0.6) is 0 Å². The fourth-order valence-electron chi connectivity index (χ4n) is 3.17. The molecule has 3 N–H and O–H groups in total. The molecule has 0 aromatic carbocycles. The number of hydrogen-bond acceptors (Lipinski definition) is 5. The van der Waals surface area contributed by atoms with Gasteiger partial charge in [-0.3, -0.25) is 14.3 Å². The molecule has 1 aliphatic carbocycles. The summed E-state index contributed by atoms with van der Waals surface area (Å²) in [5.41, 5.74) is 6.83. The van der Waals surface area contributed by atoms with Crippen molar-refractivity contribution in [3.05, 3.63) is 38.6 Å². The highest BCUT2D eigenvalue weighted by molar-refractivity contribution is 9.10. The molecule has 1 saturated carbocycles. The highest BCUT2D eigenvalue weighted by atomic mass is 79.9. The van der Waals surface area contributed by atoms with Crippen LogP contribution in [0.2, 0.25) is 0 Å². The van der Waals surface area contributed by atoms with E-state index in [4.69, 9.17) is 5.73 Å². The maximum absolute atomic E-state index is 13.3. The van der Waals surface area contributed by atoms with Gasteiger partial charge >= 0.3 is 0 Å². The van der Waals surface area contributed by atoms with Crippen molar-refractivity contribution in [2.24, 2.45) is 5.73 Å². The third kappa shape index (κ3) is 3.76. The lowest BCUT2D eigenvalue weighted by Gasteiger charge is -2.11. The topological polar surface area (TPSA) is 103 Å². The molecule has 0 saturated heterocycles. The monoisotopic (exact) mass is 483 g/mol. The van der Waals surface area contributed by atoms with Crippen LogP contribution in [-0.2, 0) is 11.3 Å². The Balaban J connectivity index is 1.77. The van der Waals surface area contributed by atoms with Crippen LogP contribution in [0.25, 0.3) is 10.2 Å². The van der Waals surface area contributed by atoms with Crippen molar-refractivity contribution in [3.63, 3.8) is 0 Å². The number of rotatable bonds is 6. The quantitative estimate of drug-likeness (QED) is 0.550. The second kappa shape index (κ2) is 7.45. The summed E-state index contributed by atoms with van der Waals surface area (Å²) in [7, 11) is 0. The van der Waals surface area contributed by atoms with Gasteiger partial charge in [-0.25, -0.2) is 13.8 Å². The second-order valence-electron chi connectivity index (χ2n) is 6.85. The number of aromatic nitrogens is 3. The van der Waals surface area contributed by atoms with E-state index in [1.165, 1.54) is 10.7 Å². The Morgan fingerprint density at radius 2 is 2.17 bits per heavy atom. The van der Waals surface area contributed by atoms with Crippen molar-refractivity contribution in [1.29, 1.82) is 0 Å². The number of carbonyl (C=O) groups is 2. The van der Waals surface area contributed by atoms with Crippen molar-refractivity contribution in [2.45, 2.75) is 38.7 Å². The lowest BCUT2D eigenvalue weighted by molar-refractivity contribution is -0.116. The smallest absolute Gasteiger partial charge is 0.280 e. The molecular formula is C18H16BrF2N5O2S. The molecule has 3 aromatic heterocycles. The molecule has 29 heavy (non-hydrogen) atoms. The van der Waals surface area contributed by atoms with Crippen molar-refractivity contribution in [2.75, 3.05) is 5.32 Å². The number of halogens is 3. The average molecular weight is 484 g/mol. The lowest BCUT2D eigenvalue weighted by Crippen LogP contribution is -2.22. The first-order valence-corrected chi connectivity index (χ1v) is 10.4. The predicted octanol–water partition coefficient (Wildman–Crippen LogP) is 4.12. The summed E-state index contributed by atoms with van der Waals surface area (Å²) in [5, 5.41) is 7.37. The molecule has 1 fully saturated rings. The number of amides is 2. The van der Waals surface area contributed by atoms with Crippen LogP contribution in [0.1, 0.15) is 51.8 Å². The molecule has 0 bridgehead atoms. The zero-order valence-electron chi connectivity index (χ0n) is 15.2. The first kappa shape index (κ1) is 19.9. The number of pyridine rings is 1. The van der Waals surface area contributed by atoms with Gasteiger partial charge in [0.05, 0.1) is 22.1 Å². The number of nitrogens with two attached hydrogens (primary N) is 1. The number of primary amides is 1. The summed E-state index contributed by atoms with van der Waals surface area (Å²) in [4.78, 5) is 29.0. The van der Waals surface area contributed by atoms with Crippen molar-refractivity contribution < 1.29 is 18.4 Å². The van der Waals surface area contributed by atoms with E-state index in [9.17, 15) is 18.4 Å². The fourth-order valence-corrected chi connectivity index (χ4v) is 4.48. The summed E-state index contributed by atoms with van der Waals surface area (Å²) in [6, 6.07) is 1.37. The second-order valence-corrected chi connectivity index (χ2v) is 8.70. The maximum Gasteiger partial charge on any atom is 0.280 e. The third-order valence-corrected chi connectivity index (χ3v) is 6.65. The molecule has 3 aromatic rings. The van der Waals surface area contributed by atoms with Crippen LogP contribution in [0.15, 0.2) is 16.7 Å². The van der Waals surface area contributed by atoms with Crippen molar-refractivity contribution in [1.82, 2.24) is 14.8 Å². The predicted molar refractivity (Wildman–Crippen MR) is 108 cm³/mol. The molecule has 0 radical (unpaired) electrons. The summed E-state index contributed by atoms with van der Waals surface area (Å²) < 4.78 is 28.8. The normalized spacial score (nSPS) is 14.0. The number of fused-ring (bicyclic) bond motifs is 1. The molecule has 0 spiro atoms. The molecular weight excluding hydrogens is 468 g/mol. The first-order valence-electron chi connectivity index (χ1n) is 8.79. The Labute approximate surface area is 176 Å². The number of nitrogens with zero attached hydrogens (tertiary/aromatic N) is 3. The van der Waals surface area contributed by atoms with Gasteiger partial charge in [0, 0.05) is 5.39 Å². The summed E-state index contributed by atoms with van der Waals surface area (Å²) in [6.07, 6.45) is 0.572. The van der Waals surface area contributed by atoms with E-state index in [1.807, 2.05) is 0 Å². The number of hydrogen-bond donors (Lipinski definition) is 2. The van der Waals surface area contributed by atoms with E-state index in [-0.39, 0.29) is 33.6 Å². The lowest BCUT2D eigenvalue weighted by atomic mass is 10.0. The van der Waals surface area contributed by atoms with Crippen molar-refractivity contribution in [3.8, 4) is 0 Å². The summed E-state index contributed by atoms with van der Waals surface area (Å²) in [5.74, 6) is -1.06. The maximum atomic E-state index is 13.3. The van der Waals surface area contributed by atoms with Crippen LogP contribution < -0.4 is 11.1 Å². The van der Waals surface area contributed by atoms with Crippen molar-refractivity contribution >= 4 is 55.0 Å². The highest BCUT2D eigenvalue weighted by Crippen LogP contribution is 2.48. The zero-order valence-corrected chi connectivity index (χ0v) is 17.6. The van der Waals surface area contributed by atoms with Crippen LogP contribution in [0, 0.1) is 6.92 Å². The molecule has 1 aliphatic rings. The number of alkyl halides is 2. The minimum absolute atomic E-state index is 0.0751. The standard InChI is InChI=1S/C18H16BrF2N5O2S/c1-7-10(19)5-23-26(7)6-12(27)25-14-13-9(8-2-3-8)4-11(16(20)21)24-18(13)29-15(14)17(22)28/h4-5,8,16H,2-3,6H2,1H3,(H2,22,28)(H,25,27). The van der Waals surface area contributed by atoms with E-state index in [0.29, 0.717) is 10.9 Å². The number of thiophene rings is 1. The fraction of sp³-hybridized carbons (Fsp3) is 0.333. The molecule has 4 rings (SSSR count). The van der Waals surface area contributed by atoms with Gasteiger partial charge < -0.3 is 11.1 Å². The highest BCUT2D eigenvalue weighted by Gasteiger charge is 2.31. The Morgan fingerprint density at radius 1 is 1.45 bits per heavy atom. The van der Waals surface area contributed by atoms with Gasteiger partial charge in [0.25, 0.3) is 12.3 Å². The molecule has 2 amide bonds. The van der Waals surface area contributed by atoms with Crippen LogP contribution in [0.4, 0.5) is 14.5 Å². The Bertz CT molecular complexity index is 1140. The van der Waals surface area contributed by atoms with Gasteiger partial charge in [-0.1, -0.05) is 0 Å². The van der Waals surface area contributed by atoms with Gasteiger partial charge in [-0.15, -0.1) is 11.3 Å². The SMILES string of the molecule is Cc1c(Br)cnn1CC(=O)Nc1c(C(N)=O)sc2nc(C(F)F)cc(C3CC3)c12. The van der Waals surface area contributed by atoms with E-state index < -0.39 is 18.2 Å². The number of nitrogens with one attached hydrogen (secondary N) is 1. The summed E-state index contributed by atoms with van der Waals surface area (Å²) in [6.45, 7) is 1.73. The molecule has 0 unspecified atom stereocenters. The minimum atomic E-state index is -2.73. The van der Waals surface area contributed by atoms with Crippen LogP contribution >= 0.6 is 27.3 Å². The van der Waals surface area contributed by atoms with Gasteiger partial charge in [-0.05, 0) is 53.2 Å². The molecule has 152 valence electrons. The van der Waals surface area contributed by atoms with Gasteiger partial charge in [0.15, 0.2) is 0 Å². The Kier molecular flexibility index (Phi) is 5.11. The zero-order chi connectivity index (χ0) is 20.9. The van der Waals surface area contributed by atoms with Gasteiger partial charge in [0.1, 0.15) is 21.9 Å². The summed E-state index contributed by atoms with van der Waals surface area (Å²) >= 11 is 4.25.